The molecule has 1 N–H and O–H groups in total. The third-order valence-electron chi connectivity index (χ3n) is 5.57. The molecule has 198 valence electrons. The molecule has 2 aromatic carbocycles. The number of anilines is 1. The zero-order valence-corrected chi connectivity index (χ0v) is 23.7. The molecule has 0 aliphatic rings. The van der Waals surface area contributed by atoms with E-state index in [4.69, 9.17) is 9.47 Å². The molecule has 0 bridgehead atoms. The van der Waals surface area contributed by atoms with Gasteiger partial charge < -0.3 is 19.7 Å². The molecule has 0 saturated carbocycles. The van der Waals surface area contributed by atoms with Gasteiger partial charge in [0.05, 0.1) is 26.2 Å². The maximum absolute atomic E-state index is 13.6. The number of amides is 2. The molecule has 0 spiro atoms. The lowest BCUT2D eigenvalue weighted by atomic mass is 10.1. The van der Waals surface area contributed by atoms with Crippen molar-refractivity contribution in [3.63, 3.8) is 0 Å². The van der Waals surface area contributed by atoms with E-state index in [2.05, 4.69) is 21.2 Å². The minimum atomic E-state index is -3.85. The highest BCUT2D eigenvalue weighted by molar-refractivity contribution is 9.10. The third kappa shape index (κ3) is 8.12. The molecule has 1 atom stereocenters. The van der Waals surface area contributed by atoms with Crippen molar-refractivity contribution in [2.24, 2.45) is 0 Å². The number of methoxy groups -OCH3 is 2. The third-order valence-corrected chi connectivity index (χ3v) is 7.21. The molecule has 2 aromatic rings. The molecule has 1 unspecified atom stereocenters. The Balaban J connectivity index is 2.40. The van der Waals surface area contributed by atoms with Gasteiger partial charge in [-0.1, -0.05) is 41.4 Å². The summed E-state index contributed by atoms with van der Waals surface area (Å²) in [5.74, 6) is -0.0717. The molecule has 0 heterocycles. The molecule has 2 amide bonds. The number of halogens is 1. The number of sulfonamides is 1. The van der Waals surface area contributed by atoms with Gasteiger partial charge in [-0.3, -0.25) is 13.9 Å². The molecular formula is C25H34BrN3O6S. The number of hydrogen-bond donors (Lipinski definition) is 1. The van der Waals surface area contributed by atoms with Crippen LogP contribution in [-0.4, -0.2) is 64.7 Å². The van der Waals surface area contributed by atoms with Crippen molar-refractivity contribution in [3.8, 4) is 11.5 Å². The van der Waals surface area contributed by atoms with E-state index in [1.54, 1.807) is 13.0 Å². The quantitative estimate of drug-likeness (QED) is 0.361. The summed E-state index contributed by atoms with van der Waals surface area (Å²) >= 11 is 3.43. The molecule has 0 radical (unpaired) electrons. The molecule has 0 fully saturated rings. The normalized spacial score (nSPS) is 11.9. The second-order valence-corrected chi connectivity index (χ2v) is 11.1. The van der Waals surface area contributed by atoms with Gasteiger partial charge in [0, 0.05) is 23.6 Å². The first-order chi connectivity index (χ1) is 17.0. The van der Waals surface area contributed by atoms with Crippen LogP contribution in [0.25, 0.3) is 0 Å². The second-order valence-electron chi connectivity index (χ2n) is 8.28. The molecule has 9 nitrogen and oxygen atoms in total. The van der Waals surface area contributed by atoms with Crippen LogP contribution in [0.2, 0.25) is 0 Å². The smallest absolute Gasteiger partial charge is 0.244 e. The zero-order valence-electron chi connectivity index (χ0n) is 21.3. The number of rotatable bonds is 13. The van der Waals surface area contributed by atoms with Crippen molar-refractivity contribution in [1.29, 1.82) is 0 Å². The van der Waals surface area contributed by atoms with Crippen molar-refractivity contribution in [2.75, 3.05) is 37.9 Å². The van der Waals surface area contributed by atoms with Crippen molar-refractivity contribution in [3.05, 3.63) is 52.5 Å². The van der Waals surface area contributed by atoms with Gasteiger partial charge in [-0.15, -0.1) is 0 Å². The van der Waals surface area contributed by atoms with Crippen molar-refractivity contribution in [1.82, 2.24) is 10.2 Å². The Morgan fingerprint density at radius 2 is 1.78 bits per heavy atom. The Hall–Kier alpha value is -2.79. The lowest BCUT2D eigenvalue weighted by Crippen LogP contribution is -2.51. The molecule has 2 rings (SSSR count). The Bertz CT molecular complexity index is 1160. The predicted octanol–water partition coefficient (Wildman–Crippen LogP) is 3.57. The lowest BCUT2D eigenvalue weighted by molar-refractivity contribution is -0.139. The number of ether oxygens (including phenoxy) is 2. The van der Waals surface area contributed by atoms with Crippen LogP contribution in [0.15, 0.2) is 46.9 Å². The summed E-state index contributed by atoms with van der Waals surface area (Å²) in [5.41, 5.74) is 1.04. The van der Waals surface area contributed by atoms with E-state index in [-0.39, 0.29) is 18.1 Å². The Morgan fingerprint density at radius 3 is 2.36 bits per heavy atom. The summed E-state index contributed by atoms with van der Waals surface area (Å²) in [5, 5.41) is 2.85. The summed E-state index contributed by atoms with van der Waals surface area (Å²) in [4.78, 5) is 27.8. The lowest BCUT2D eigenvalue weighted by Gasteiger charge is -2.31. The molecule has 0 aliphatic carbocycles. The Labute approximate surface area is 221 Å². The summed E-state index contributed by atoms with van der Waals surface area (Å²) in [6.07, 6.45) is 2.76. The summed E-state index contributed by atoms with van der Waals surface area (Å²) in [7, 11) is -0.938. The van der Waals surface area contributed by atoms with Crippen LogP contribution < -0.4 is 19.1 Å². The molecule has 0 aromatic heterocycles. The van der Waals surface area contributed by atoms with Gasteiger partial charge in [0.2, 0.25) is 21.8 Å². The zero-order chi connectivity index (χ0) is 26.9. The Kier molecular flexibility index (Phi) is 11.0. The highest BCUT2D eigenvalue weighted by Crippen LogP contribution is 2.32. The molecule has 11 heteroatoms. The number of hydrogen-bond acceptors (Lipinski definition) is 6. The van der Waals surface area contributed by atoms with Crippen LogP contribution >= 0.6 is 15.9 Å². The summed E-state index contributed by atoms with van der Waals surface area (Å²) in [6.45, 7) is 3.80. The van der Waals surface area contributed by atoms with E-state index in [0.29, 0.717) is 18.0 Å². The first-order valence-corrected chi connectivity index (χ1v) is 14.2. The number of carbonyl (C=O) groups excluding carboxylic acids is 2. The maximum atomic E-state index is 13.6. The van der Waals surface area contributed by atoms with E-state index in [1.807, 2.05) is 31.2 Å². The van der Waals surface area contributed by atoms with Crippen molar-refractivity contribution in [2.45, 2.75) is 39.3 Å². The number of benzene rings is 2. The highest BCUT2D eigenvalue weighted by Gasteiger charge is 2.30. The Morgan fingerprint density at radius 1 is 1.08 bits per heavy atom. The van der Waals surface area contributed by atoms with Crippen molar-refractivity contribution < 1.29 is 27.5 Å². The van der Waals surface area contributed by atoms with Gasteiger partial charge >= 0.3 is 0 Å². The topological polar surface area (TPSA) is 105 Å². The van der Waals surface area contributed by atoms with E-state index in [9.17, 15) is 18.0 Å². The maximum Gasteiger partial charge on any atom is 0.244 e. The van der Waals surface area contributed by atoms with Crippen LogP contribution in [0.4, 0.5) is 5.69 Å². The van der Waals surface area contributed by atoms with E-state index >= 15 is 0 Å². The van der Waals surface area contributed by atoms with Gasteiger partial charge in [-0.2, -0.15) is 0 Å². The van der Waals surface area contributed by atoms with Gasteiger partial charge in [-0.25, -0.2) is 8.42 Å². The SMILES string of the molecule is CCCCNC(=O)C(C)N(Cc1cccc(Br)c1)C(=O)CN(c1ccc(OC)c(OC)c1)S(C)(=O)=O. The van der Waals surface area contributed by atoms with E-state index in [1.165, 1.54) is 31.3 Å². The van der Waals surface area contributed by atoms with Gasteiger partial charge in [-0.05, 0) is 43.2 Å². The fourth-order valence-electron chi connectivity index (χ4n) is 3.54. The fraction of sp³-hybridized carbons (Fsp3) is 0.440. The van der Waals surface area contributed by atoms with Crippen LogP contribution in [0.5, 0.6) is 11.5 Å². The fourth-order valence-corrected chi connectivity index (χ4v) is 4.83. The van der Waals surface area contributed by atoms with Crippen LogP contribution in [0.3, 0.4) is 0 Å². The van der Waals surface area contributed by atoms with Gasteiger partial charge in [0.1, 0.15) is 12.6 Å². The first kappa shape index (κ1) is 29.4. The molecular weight excluding hydrogens is 550 g/mol. The van der Waals surface area contributed by atoms with Gasteiger partial charge in [0.25, 0.3) is 0 Å². The monoisotopic (exact) mass is 583 g/mol. The van der Waals surface area contributed by atoms with Gasteiger partial charge in [0.15, 0.2) is 11.5 Å². The van der Waals surface area contributed by atoms with E-state index < -0.39 is 28.5 Å². The number of nitrogens with zero attached hydrogens (tertiary/aromatic N) is 2. The molecule has 0 saturated heterocycles. The average Bonchev–Trinajstić information content (AvgIpc) is 2.84. The summed E-state index contributed by atoms with van der Waals surface area (Å²) in [6, 6.07) is 11.2. The van der Waals surface area contributed by atoms with Crippen molar-refractivity contribution >= 4 is 43.5 Å². The van der Waals surface area contributed by atoms with Crippen LogP contribution in [0, 0.1) is 0 Å². The average molecular weight is 585 g/mol. The summed E-state index contributed by atoms with van der Waals surface area (Å²) < 4.78 is 37.8. The number of unbranched alkanes of at least 4 members (excludes halogenated alkanes) is 1. The second kappa shape index (κ2) is 13.5. The van der Waals surface area contributed by atoms with Crippen LogP contribution in [0.1, 0.15) is 32.3 Å². The minimum Gasteiger partial charge on any atom is -0.493 e. The largest absolute Gasteiger partial charge is 0.493 e. The number of carbonyl (C=O) groups is 2. The first-order valence-electron chi connectivity index (χ1n) is 11.5. The predicted molar refractivity (Wildman–Crippen MR) is 144 cm³/mol. The molecule has 0 aliphatic heterocycles. The minimum absolute atomic E-state index is 0.129. The highest BCUT2D eigenvalue weighted by atomic mass is 79.9. The standard InChI is InChI=1S/C25H34BrN3O6S/c1-6-7-13-27-25(31)18(2)28(16-19-9-8-10-20(26)14-19)24(30)17-29(36(5,32)33)21-11-12-22(34-3)23(15-21)35-4/h8-12,14-15,18H,6-7,13,16-17H2,1-5H3,(H,27,31). The molecule has 36 heavy (non-hydrogen) atoms. The van der Waals surface area contributed by atoms with E-state index in [0.717, 1.165) is 33.4 Å². The van der Waals surface area contributed by atoms with Crippen LogP contribution in [-0.2, 0) is 26.2 Å². The number of nitrogens with one attached hydrogen (secondary N) is 1.